The molecule has 2 heterocycles. The fourth-order valence-corrected chi connectivity index (χ4v) is 3.53. The highest BCUT2D eigenvalue weighted by Gasteiger charge is 2.22. The number of rotatable bonds is 6. The molecule has 0 saturated heterocycles. The van der Waals surface area contributed by atoms with Gasteiger partial charge in [-0.15, -0.1) is 0 Å². The van der Waals surface area contributed by atoms with Gasteiger partial charge in [-0.05, 0) is 37.0 Å². The molecule has 1 aliphatic rings. The first-order valence-corrected chi connectivity index (χ1v) is 9.97. The number of anilines is 2. The third-order valence-electron chi connectivity index (χ3n) is 5.05. The average molecular weight is 417 g/mol. The summed E-state index contributed by atoms with van der Waals surface area (Å²) in [7, 11) is 1.79. The molecular formula is C22H23N7O2. The van der Waals surface area contributed by atoms with E-state index >= 15 is 0 Å². The molecule has 0 saturated carbocycles. The summed E-state index contributed by atoms with van der Waals surface area (Å²) in [4.78, 5) is 33.3. The molecule has 0 radical (unpaired) electrons. The van der Waals surface area contributed by atoms with Crippen molar-refractivity contribution in [2.75, 3.05) is 5.32 Å². The summed E-state index contributed by atoms with van der Waals surface area (Å²) in [6, 6.07) is 9.09. The van der Waals surface area contributed by atoms with Gasteiger partial charge in [0.1, 0.15) is 0 Å². The van der Waals surface area contributed by atoms with Crippen molar-refractivity contribution in [3.05, 3.63) is 71.9 Å². The zero-order valence-electron chi connectivity index (χ0n) is 17.1. The minimum atomic E-state index is -0.675. The topological polar surface area (TPSA) is 128 Å². The molecule has 9 nitrogen and oxygen atoms in total. The van der Waals surface area contributed by atoms with Crippen LogP contribution in [-0.2, 0) is 7.05 Å². The number of nitrogens with zero attached hydrogens (tertiary/aromatic N) is 4. The molecule has 0 aliphatic heterocycles. The van der Waals surface area contributed by atoms with Crippen LogP contribution in [0.4, 0.5) is 11.5 Å². The molecule has 1 atom stereocenters. The lowest BCUT2D eigenvalue weighted by atomic mass is 9.92. The molecule has 0 fully saturated rings. The van der Waals surface area contributed by atoms with E-state index in [1.165, 1.54) is 0 Å². The quantitative estimate of drug-likeness (QED) is 0.565. The van der Waals surface area contributed by atoms with E-state index < -0.39 is 5.91 Å². The zero-order chi connectivity index (χ0) is 21.8. The number of hydrogen-bond acceptors (Lipinski definition) is 6. The first-order chi connectivity index (χ1) is 15.0. The second kappa shape index (κ2) is 8.78. The van der Waals surface area contributed by atoms with Crippen molar-refractivity contribution in [3.8, 4) is 0 Å². The Kier molecular flexibility index (Phi) is 5.74. The van der Waals surface area contributed by atoms with Gasteiger partial charge < -0.3 is 16.4 Å². The van der Waals surface area contributed by atoms with Crippen LogP contribution in [0.15, 0.2) is 55.0 Å². The van der Waals surface area contributed by atoms with Gasteiger partial charge in [-0.25, -0.2) is 9.97 Å². The molecule has 0 spiro atoms. The minimum Gasteiger partial charge on any atom is -0.364 e. The summed E-state index contributed by atoms with van der Waals surface area (Å²) >= 11 is 0. The molecule has 9 heteroatoms. The second-order valence-electron chi connectivity index (χ2n) is 7.39. The number of hydrogen-bond donors (Lipinski definition) is 3. The lowest BCUT2D eigenvalue weighted by molar-refractivity contribution is 0.0934. The van der Waals surface area contributed by atoms with Gasteiger partial charge in [0.25, 0.3) is 11.8 Å². The third kappa shape index (κ3) is 4.77. The lowest BCUT2D eigenvalue weighted by Crippen LogP contribution is -2.36. The molecule has 0 bridgehead atoms. The van der Waals surface area contributed by atoms with Gasteiger partial charge in [0.05, 0.1) is 23.8 Å². The summed E-state index contributed by atoms with van der Waals surface area (Å²) in [5.74, 6) is -0.507. The van der Waals surface area contributed by atoms with Gasteiger partial charge in [0.15, 0.2) is 11.5 Å². The van der Waals surface area contributed by atoms with Crippen LogP contribution in [0.25, 0.3) is 5.57 Å². The van der Waals surface area contributed by atoms with Gasteiger partial charge in [-0.1, -0.05) is 24.3 Å². The van der Waals surface area contributed by atoms with Crippen LogP contribution in [0.5, 0.6) is 0 Å². The number of benzene rings is 1. The Morgan fingerprint density at radius 2 is 2.00 bits per heavy atom. The summed E-state index contributed by atoms with van der Waals surface area (Å²) in [6.45, 7) is 0. The van der Waals surface area contributed by atoms with Crippen molar-refractivity contribution in [3.63, 3.8) is 0 Å². The SMILES string of the molecule is Cn1cc(Nc2ncc(C3=CCC[C@@H](NC(=O)c4ccccc4)C3)nc2C(N)=O)cn1. The third-order valence-corrected chi connectivity index (χ3v) is 5.05. The number of nitrogens with one attached hydrogen (secondary N) is 2. The number of carbonyl (C=O) groups excluding carboxylic acids is 2. The number of carbonyl (C=O) groups is 2. The summed E-state index contributed by atoms with van der Waals surface area (Å²) in [6.07, 6.45) is 9.26. The van der Waals surface area contributed by atoms with Gasteiger partial charge >= 0.3 is 0 Å². The Morgan fingerprint density at radius 1 is 1.19 bits per heavy atom. The van der Waals surface area contributed by atoms with E-state index in [4.69, 9.17) is 5.73 Å². The Morgan fingerprint density at radius 3 is 2.71 bits per heavy atom. The highest BCUT2D eigenvalue weighted by molar-refractivity contribution is 5.96. The van der Waals surface area contributed by atoms with E-state index in [9.17, 15) is 9.59 Å². The summed E-state index contributed by atoms with van der Waals surface area (Å²) in [5.41, 5.74) is 8.40. The Bertz CT molecular complexity index is 1140. The molecule has 1 aromatic carbocycles. The normalized spacial score (nSPS) is 15.8. The number of aromatic nitrogens is 4. The smallest absolute Gasteiger partial charge is 0.271 e. The number of primary amides is 1. The van der Waals surface area contributed by atoms with Crippen molar-refractivity contribution >= 4 is 28.9 Å². The van der Waals surface area contributed by atoms with Crippen molar-refractivity contribution in [2.45, 2.75) is 25.3 Å². The number of nitrogens with two attached hydrogens (primary N) is 1. The van der Waals surface area contributed by atoms with Crippen LogP contribution in [-0.4, -0.2) is 37.6 Å². The monoisotopic (exact) mass is 417 g/mol. The van der Waals surface area contributed by atoms with E-state index in [2.05, 4.69) is 31.8 Å². The van der Waals surface area contributed by atoms with Gasteiger partial charge in [-0.2, -0.15) is 5.10 Å². The van der Waals surface area contributed by atoms with Gasteiger partial charge in [0, 0.05) is 24.8 Å². The zero-order valence-corrected chi connectivity index (χ0v) is 17.1. The van der Waals surface area contributed by atoms with Crippen molar-refractivity contribution in [1.82, 2.24) is 25.1 Å². The van der Waals surface area contributed by atoms with Crippen LogP contribution in [0, 0.1) is 0 Å². The predicted molar refractivity (Wildman–Crippen MR) is 117 cm³/mol. The molecule has 3 aromatic rings. The van der Waals surface area contributed by atoms with Gasteiger partial charge in [0.2, 0.25) is 0 Å². The van der Waals surface area contributed by atoms with Crippen LogP contribution >= 0.6 is 0 Å². The van der Waals surface area contributed by atoms with Gasteiger partial charge in [-0.3, -0.25) is 14.3 Å². The Labute approximate surface area is 179 Å². The van der Waals surface area contributed by atoms with E-state index in [-0.39, 0.29) is 23.5 Å². The summed E-state index contributed by atoms with van der Waals surface area (Å²) < 4.78 is 1.63. The summed E-state index contributed by atoms with van der Waals surface area (Å²) in [5, 5.41) is 10.2. The molecule has 31 heavy (non-hydrogen) atoms. The Balaban J connectivity index is 1.50. The molecule has 0 unspecified atom stereocenters. The van der Waals surface area contributed by atoms with E-state index in [1.54, 1.807) is 42.5 Å². The standard InChI is InChI=1S/C22H23N7O2/c1-29-13-17(11-25-29)26-21-19(20(23)30)28-18(12-24-21)15-8-5-9-16(10-15)27-22(31)14-6-3-2-4-7-14/h2-4,6-8,11-13,16H,5,9-10H2,1H3,(H2,23,30)(H,24,26)(H,27,31)/t16-/m1/s1. The second-order valence-corrected chi connectivity index (χ2v) is 7.39. The number of allylic oxidation sites excluding steroid dienone is 1. The fraction of sp³-hybridized carbons (Fsp3) is 0.227. The first-order valence-electron chi connectivity index (χ1n) is 9.97. The maximum atomic E-state index is 12.5. The lowest BCUT2D eigenvalue weighted by Gasteiger charge is -2.24. The Hall–Kier alpha value is -4.01. The fourth-order valence-electron chi connectivity index (χ4n) is 3.53. The highest BCUT2D eigenvalue weighted by atomic mass is 16.2. The van der Waals surface area contributed by atoms with Crippen molar-refractivity contribution in [2.24, 2.45) is 12.8 Å². The predicted octanol–water partition coefficient (Wildman–Crippen LogP) is 2.42. The maximum absolute atomic E-state index is 12.5. The van der Waals surface area contributed by atoms with Crippen molar-refractivity contribution in [1.29, 1.82) is 0 Å². The van der Waals surface area contributed by atoms with Crippen molar-refractivity contribution < 1.29 is 9.59 Å². The van der Waals surface area contributed by atoms with E-state index in [0.717, 1.165) is 18.4 Å². The average Bonchev–Trinajstić information content (AvgIpc) is 3.19. The highest BCUT2D eigenvalue weighted by Crippen LogP contribution is 2.27. The number of aryl methyl sites for hydroxylation is 1. The molecule has 4 N–H and O–H groups in total. The molecule has 2 aromatic heterocycles. The van der Waals surface area contributed by atoms with Crippen LogP contribution in [0.2, 0.25) is 0 Å². The first kappa shape index (κ1) is 20.3. The molecular weight excluding hydrogens is 394 g/mol. The molecule has 4 rings (SSSR count). The van der Waals surface area contributed by atoms with Crippen LogP contribution in [0.1, 0.15) is 45.8 Å². The van der Waals surface area contributed by atoms with E-state index in [0.29, 0.717) is 23.4 Å². The molecule has 2 amide bonds. The molecule has 158 valence electrons. The minimum absolute atomic E-state index is 0.0280. The van der Waals surface area contributed by atoms with E-state index in [1.807, 2.05) is 18.2 Å². The maximum Gasteiger partial charge on any atom is 0.271 e. The largest absolute Gasteiger partial charge is 0.364 e. The molecule has 1 aliphatic carbocycles. The number of amides is 2. The van der Waals surface area contributed by atoms with Crippen LogP contribution in [0.3, 0.4) is 0 Å². The van der Waals surface area contributed by atoms with Crippen LogP contribution < -0.4 is 16.4 Å².